The van der Waals surface area contributed by atoms with Crippen LogP contribution in [0.5, 0.6) is 0 Å². The lowest BCUT2D eigenvalue weighted by Crippen LogP contribution is -2.07. The summed E-state index contributed by atoms with van der Waals surface area (Å²) in [4.78, 5) is 38.0. The largest absolute Gasteiger partial charge is 0.504 e. The van der Waals surface area contributed by atoms with E-state index in [0.29, 0.717) is 11.5 Å². The molecule has 2 atom stereocenters. The molecule has 1 aromatic rings. The molecule has 0 spiro atoms. The van der Waals surface area contributed by atoms with Gasteiger partial charge < -0.3 is 24.8 Å². The number of aliphatic imine (C=N–C) groups is 1. The highest BCUT2D eigenvalue weighted by Crippen LogP contribution is 2.72. The maximum atomic E-state index is 11.8. The Hall–Kier alpha value is -0.760. The molecule has 4 N–H and O–H groups in total. The van der Waals surface area contributed by atoms with Gasteiger partial charge in [-0.3, -0.25) is 4.57 Å². The Bertz CT molecular complexity index is 917. The summed E-state index contributed by atoms with van der Waals surface area (Å²) in [6.45, 7) is 5.02. The van der Waals surface area contributed by atoms with Crippen molar-refractivity contribution in [2.24, 2.45) is 15.7 Å². The van der Waals surface area contributed by atoms with E-state index in [1.54, 1.807) is 11.5 Å². The van der Waals surface area contributed by atoms with Gasteiger partial charge in [-0.15, -0.1) is 4.91 Å². The summed E-state index contributed by atoms with van der Waals surface area (Å²) in [7, 11) is -10.4. The van der Waals surface area contributed by atoms with Gasteiger partial charge in [0.25, 0.3) is 5.69 Å². The highest BCUT2D eigenvalue weighted by atomic mass is 32.9. The first-order valence-corrected chi connectivity index (χ1v) is 14.1. The fourth-order valence-corrected chi connectivity index (χ4v) is 6.96. The molecule has 0 aliphatic carbocycles. The molecule has 19 heteroatoms. The van der Waals surface area contributed by atoms with Crippen LogP contribution in [-0.4, -0.2) is 38.8 Å². The number of hydrogen-bond acceptors (Lipinski definition) is 11. The fraction of sp³-hybridized carbons (Fsp3) is 0.400. The van der Waals surface area contributed by atoms with Crippen molar-refractivity contribution in [2.45, 2.75) is 13.7 Å². The van der Waals surface area contributed by atoms with E-state index >= 15 is 0 Å². The molecule has 0 fully saturated rings. The molecule has 1 rings (SSSR count). The van der Waals surface area contributed by atoms with E-state index in [1.165, 1.54) is 12.5 Å². The predicted molar refractivity (Wildman–Crippen MR) is 112 cm³/mol. The lowest BCUT2D eigenvalue weighted by molar-refractivity contribution is 0.0559. The van der Waals surface area contributed by atoms with Gasteiger partial charge in [-0.25, -0.2) is 23.4 Å². The number of ether oxygens (including phenoxy) is 1. The molecular formula is C10H18N5O9P3S2. The number of nitroso groups, excluding NO2 is 1. The van der Waals surface area contributed by atoms with Crippen molar-refractivity contribution in [2.75, 3.05) is 13.2 Å². The number of aromatic nitrogens is 2. The topological polar surface area (TPSA) is 197 Å². The first-order valence-electron chi connectivity index (χ1n) is 7.29. The fourth-order valence-electron chi connectivity index (χ4n) is 1.66. The van der Waals surface area contributed by atoms with Gasteiger partial charge in [-0.2, -0.15) is 4.31 Å². The van der Waals surface area contributed by atoms with Gasteiger partial charge in [-0.1, -0.05) is 18.8 Å². The van der Waals surface area contributed by atoms with Crippen molar-refractivity contribution in [3.8, 4) is 0 Å². The summed E-state index contributed by atoms with van der Waals surface area (Å²) in [5.74, 6) is 0.427. The summed E-state index contributed by atoms with van der Waals surface area (Å²) < 4.78 is 42.7. The quantitative estimate of drug-likeness (QED) is 0.0998. The molecule has 0 radical (unpaired) electrons. The van der Waals surface area contributed by atoms with Gasteiger partial charge in [0.05, 0.1) is 25.2 Å². The van der Waals surface area contributed by atoms with Gasteiger partial charge in [0.2, 0.25) is 0 Å². The zero-order valence-electron chi connectivity index (χ0n) is 14.8. The van der Waals surface area contributed by atoms with Crippen LogP contribution in [-0.2, 0) is 45.5 Å². The third kappa shape index (κ3) is 9.28. The molecule has 14 nitrogen and oxygen atoms in total. The van der Waals surface area contributed by atoms with Crippen LogP contribution in [0.1, 0.15) is 12.6 Å². The SMILES string of the molecule is C=C(N)c1ncn(COCCOP(=S)(S)OP(=O)(N=O)OP(=O)(O)O)c1/N=C\C. The molecule has 0 aliphatic rings. The van der Waals surface area contributed by atoms with E-state index < -0.39 is 21.3 Å². The molecule has 0 saturated heterocycles. The Balaban J connectivity index is 2.59. The van der Waals surface area contributed by atoms with Crippen molar-refractivity contribution in [1.82, 2.24) is 9.55 Å². The van der Waals surface area contributed by atoms with E-state index in [4.69, 9.17) is 36.6 Å². The first-order chi connectivity index (χ1) is 13.3. The number of hydrogen-bond donors (Lipinski definition) is 4. The normalized spacial score (nSPS) is 16.4. The summed E-state index contributed by atoms with van der Waals surface area (Å²) in [6, 6.07) is 0. The van der Waals surface area contributed by atoms with Crippen LogP contribution < -0.4 is 5.73 Å². The third-order valence-corrected chi connectivity index (χ3v) is 8.55. The Morgan fingerprint density at radius 1 is 1.45 bits per heavy atom. The van der Waals surface area contributed by atoms with Crippen LogP contribution in [0.4, 0.5) is 5.82 Å². The number of rotatable bonds is 13. The van der Waals surface area contributed by atoms with E-state index in [-0.39, 0.29) is 25.6 Å². The summed E-state index contributed by atoms with van der Waals surface area (Å²) in [5.41, 5.74) is 2.55. The van der Waals surface area contributed by atoms with Crippen LogP contribution in [0.3, 0.4) is 0 Å². The maximum absolute atomic E-state index is 11.8. The van der Waals surface area contributed by atoms with Gasteiger partial charge in [0, 0.05) is 11.2 Å². The molecule has 1 heterocycles. The van der Waals surface area contributed by atoms with Crippen LogP contribution in [0.15, 0.2) is 22.8 Å². The van der Waals surface area contributed by atoms with Gasteiger partial charge >= 0.3 is 15.6 Å². The first kappa shape index (κ1) is 26.3. The van der Waals surface area contributed by atoms with E-state index in [2.05, 4.69) is 37.4 Å². The molecule has 0 saturated carbocycles. The van der Waals surface area contributed by atoms with Crippen molar-refractivity contribution in [3.63, 3.8) is 0 Å². The second kappa shape index (κ2) is 11.0. The van der Waals surface area contributed by atoms with Gasteiger partial charge in [-0.05, 0) is 18.7 Å². The van der Waals surface area contributed by atoms with Gasteiger partial charge in [0.1, 0.15) is 12.4 Å². The molecule has 0 bridgehead atoms. The molecule has 1 aromatic heterocycles. The number of nitrogens with two attached hydrogens (primary N) is 1. The second-order valence-electron chi connectivity index (χ2n) is 4.84. The number of nitrogens with zero attached hydrogens (tertiary/aromatic N) is 4. The Labute approximate surface area is 175 Å². The van der Waals surface area contributed by atoms with Crippen molar-refractivity contribution in [1.29, 1.82) is 0 Å². The average Bonchev–Trinajstić information content (AvgIpc) is 2.95. The molecule has 2 unspecified atom stereocenters. The zero-order valence-corrected chi connectivity index (χ0v) is 19.2. The number of phosphoric acid groups is 1. The summed E-state index contributed by atoms with van der Waals surface area (Å²) >= 11 is 8.58. The molecule has 29 heavy (non-hydrogen) atoms. The van der Waals surface area contributed by atoms with Gasteiger partial charge in [0.15, 0.2) is 5.82 Å². The smallest absolute Gasteiger partial charge is 0.397 e. The Morgan fingerprint density at radius 3 is 2.62 bits per heavy atom. The second-order valence-corrected chi connectivity index (χ2v) is 13.3. The van der Waals surface area contributed by atoms with Crippen molar-refractivity contribution >= 4 is 63.0 Å². The van der Waals surface area contributed by atoms with Crippen molar-refractivity contribution < 1.29 is 36.8 Å². The number of thiol groups is 1. The zero-order chi connectivity index (χ0) is 22.3. The van der Waals surface area contributed by atoms with Crippen LogP contribution in [0.2, 0.25) is 0 Å². The monoisotopic (exact) mass is 509 g/mol. The summed E-state index contributed by atoms with van der Waals surface area (Å²) in [5, 5.41) is 0. The third-order valence-electron chi connectivity index (χ3n) is 2.59. The maximum Gasteiger partial charge on any atom is 0.504 e. The highest BCUT2D eigenvalue weighted by Gasteiger charge is 2.40. The minimum absolute atomic E-state index is 0.00230. The standard InChI is InChI=1S/C10H18N5O9P3S2/c1-3-12-10-9(8(2)11)13-6-15(10)7-21-4-5-22-27(28,29)24-25(17,14-16)23-26(18,19)20/h3,6H,2,4-5,7,11H2,1H3,(H,28,29)(H2,18,19,20)/b12-3-. The van der Waals surface area contributed by atoms with Crippen LogP contribution >= 0.6 is 33.5 Å². The van der Waals surface area contributed by atoms with E-state index in [1.807, 2.05) is 4.95 Å². The van der Waals surface area contributed by atoms with E-state index in [0.717, 1.165) is 0 Å². The molecule has 0 aromatic carbocycles. The van der Waals surface area contributed by atoms with Crippen molar-refractivity contribution in [3.05, 3.63) is 23.5 Å². The lowest BCUT2D eigenvalue weighted by Gasteiger charge is -2.19. The summed E-state index contributed by atoms with van der Waals surface area (Å²) in [6.07, 6.45) is 2.98. The molecule has 164 valence electrons. The Morgan fingerprint density at radius 2 is 2.10 bits per heavy atom. The average molecular weight is 509 g/mol. The minimum atomic E-state index is -5.34. The van der Waals surface area contributed by atoms with Crippen LogP contribution in [0.25, 0.3) is 5.70 Å². The highest BCUT2D eigenvalue weighted by molar-refractivity contribution is 8.60. The molecular weight excluding hydrogens is 491 g/mol. The lowest BCUT2D eigenvalue weighted by atomic mass is 10.3. The Kier molecular flexibility index (Phi) is 9.99. The number of imidazole rings is 1. The van der Waals surface area contributed by atoms with Crippen LogP contribution in [0, 0.1) is 4.91 Å². The van der Waals surface area contributed by atoms with E-state index in [9.17, 15) is 14.0 Å². The molecule has 0 amide bonds. The molecule has 0 aliphatic heterocycles. The predicted octanol–water partition coefficient (Wildman–Crippen LogP) is 2.68. The minimum Gasteiger partial charge on any atom is -0.397 e.